The van der Waals surface area contributed by atoms with Crippen molar-refractivity contribution in [3.63, 3.8) is 0 Å². The van der Waals surface area contributed by atoms with Gasteiger partial charge in [0.1, 0.15) is 5.01 Å². The lowest BCUT2D eigenvalue weighted by atomic mass is 10.0. The number of aryl methyl sites for hydroxylation is 1. The van der Waals surface area contributed by atoms with Gasteiger partial charge in [-0.25, -0.2) is 4.98 Å². The van der Waals surface area contributed by atoms with Crippen LogP contribution in [-0.2, 0) is 11.2 Å². The highest BCUT2D eigenvalue weighted by atomic mass is 32.1. The smallest absolute Gasteiger partial charge is 0.220 e. The van der Waals surface area contributed by atoms with E-state index in [2.05, 4.69) is 15.3 Å². The molecular formula is C17H21N3O2S. The number of aliphatic hydroxyl groups is 1. The molecule has 23 heavy (non-hydrogen) atoms. The molecule has 3 rings (SSSR count). The molecule has 1 fully saturated rings. The molecule has 0 aliphatic heterocycles. The zero-order valence-electron chi connectivity index (χ0n) is 13.0. The normalized spacial score (nSPS) is 16.4. The van der Waals surface area contributed by atoms with E-state index in [0.29, 0.717) is 19.4 Å². The van der Waals surface area contributed by atoms with Crippen molar-refractivity contribution in [1.29, 1.82) is 0 Å². The van der Waals surface area contributed by atoms with Crippen LogP contribution in [0, 0.1) is 0 Å². The van der Waals surface area contributed by atoms with Crippen LogP contribution in [0.4, 0.5) is 0 Å². The molecule has 0 atom stereocenters. The zero-order chi connectivity index (χ0) is 16.1. The topological polar surface area (TPSA) is 75.1 Å². The van der Waals surface area contributed by atoms with Gasteiger partial charge in [0, 0.05) is 36.3 Å². The van der Waals surface area contributed by atoms with Gasteiger partial charge in [-0.1, -0.05) is 12.8 Å². The summed E-state index contributed by atoms with van der Waals surface area (Å²) in [6, 6.07) is 3.86. The molecule has 2 N–H and O–H groups in total. The molecule has 2 aromatic rings. The second kappa shape index (κ2) is 7.19. The van der Waals surface area contributed by atoms with E-state index in [4.69, 9.17) is 0 Å². The largest absolute Gasteiger partial charge is 0.388 e. The van der Waals surface area contributed by atoms with Gasteiger partial charge in [0.15, 0.2) is 0 Å². The second-order valence-electron chi connectivity index (χ2n) is 6.09. The number of pyridine rings is 1. The summed E-state index contributed by atoms with van der Waals surface area (Å²) in [5.41, 5.74) is 1.23. The van der Waals surface area contributed by atoms with E-state index in [9.17, 15) is 9.90 Å². The first kappa shape index (κ1) is 16.1. The zero-order valence-corrected chi connectivity index (χ0v) is 13.8. The van der Waals surface area contributed by atoms with Crippen molar-refractivity contribution in [1.82, 2.24) is 15.3 Å². The molecule has 0 bridgehead atoms. The summed E-state index contributed by atoms with van der Waals surface area (Å²) in [6.07, 6.45) is 8.19. The van der Waals surface area contributed by atoms with E-state index in [0.717, 1.165) is 41.9 Å². The maximum Gasteiger partial charge on any atom is 0.220 e. The Morgan fingerprint density at radius 3 is 2.96 bits per heavy atom. The minimum Gasteiger partial charge on any atom is -0.388 e. The third-order valence-corrected chi connectivity index (χ3v) is 5.16. The number of amides is 1. The van der Waals surface area contributed by atoms with Gasteiger partial charge in [0.2, 0.25) is 5.91 Å². The first-order chi connectivity index (χ1) is 11.1. The van der Waals surface area contributed by atoms with Gasteiger partial charge in [0.05, 0.1) is 11.3 Å². The fourth-order valence-electron chi connectivity index (χ4n) is 2.85. The Bertz CT molecular complexity index is 651. The average molecular weight is 331 g/mol. The van der Waals surface area contributed by atoms with Crippen molar-refractivity contribution in [2.45, 2.75) is 44.1 Å². The highest BCUT2D eigenvalue weighted by Gasteiger charge is 2.31. The van der Waals surface area contributed by atoms with Crippen LogP contribution in [0.1, 0.15) is 37.8 Å². The standard InChI is InChI=1S/C17H21N3O2S/c21-15(19-12-17(22)7-1-2-8-17)6-5-14-11-23-16(20-14)13-4-3-9-18-10-13/h3-4,9-11,22H,1-2,5-8,12H2,(H,19,21). The van der Waals surface area contributed by atoms with Crippen LogP contribution in [0.25, 0.3) is 10.6 Å². The molecule has 2 aromatic heterocycles. The van der Waals surface area contributed by atoms with Crippen molar-refractivity contribution in [2.24, 2.45) is 0 Å². The van der Waals surface area contributed by atoms with Gasteiger partial charge in [-0.2, -0.15) is 0 Å². The Balaban J connectivity index is 1.47. The lowest BCUT2D eigenvalue weighted by Gasteiger charge is -2.22. The number of hydrogen-bond acceptors (Lipinski definition) is 5. The molecule has 2 heterocycles. The molecule has 0 unspecified atom stereocenters. The van der Waals surface area contributed by atoms with Crippen LogP contribution < -0.4 is 5.32 Å². The van der Waals surface area contributed by atoms with Crippen LogP contribution in [0.2, 0.25) is 0 Å². The first-order valence-electron chi connectivity index (χ1n) is 7.99. The van der Waals surface area contributed by atoms with Crippen molar-refractivity contribution >= 4 is 17.2 Å². The summed E-state index contributed by atoms with van der Waals surface area (Å²) in [4.78, 5) is 20.6. The second-order valence-corrected chi connectivity index (χ2v) is 6.95. The molecule has 1 aliphatic rings. The van der Waals surface area contributed by atoms with Crippen LogP contribution in [0.3, 0.4) is 0 Å². The predicted molar refractivity (Wildman–Crippen MR) is 90.1 cm³/mol. The Labute approximate surface area is 139 Å². The number of aromatic nitrogens is 2. The number of carbonyl (C=O) groups is 1. The van der Waals surface area contributed by atoms with E-state index in [1.807, 2.05) is 17.5 Å². The van der Waals surface area contributed by atoms with Gasteiger partial charge in [-0.15, -0.1) is 11.3 Å². The van der Waals surface area contributed by atoms with Gasteiger partial charge < -0.3 is 10.4 Å². The first-order valence-corrected chi connectivity index (χ1v) is 8.86. The molecule has 0 saturated heterocycles. The van der Waals surface area contributed by atoms with E-state index >= 15 is 0 Å². The van der Waals surface area contributed by atoms with E-state index < -0.39 is 5.60 Å². The monoisotopic (exact) mass is 331 g/mol. The fourth-order valence-corrected chi connectivity index (χ4v) is 3.69. The Morgan fingerprint density at radius 2 is 2.22 bits per heavy atom. The Kier molecular flexibility index (Phi) is 5.03. The molecule has 0 aromatic carbocycles. The van der Waals surface area contributed by atoms with Crippen LogP contribution in [-0.4, -0.2) is 33.1 Å². The summed E-state index contributed by atoms with van der Waals surface area (Å²) in [5.74, 6) is -0.0266. The lowest BCUT2D eigenvalue weighted by Crippen LogP contribution is -2.40. The molecule has 6 heteroatoms. The van der Waals surface area contributed by atoms with Crippen molar-refractivity contribution in [3.8, 4) is 10.6 Å². The number of hydrogen-bond donors (Lipinski definition) is 2. The summed E-state index contributed by atoms with van der Waals surface area (Å²) in [7, 11) is 0. The summed E-state index contributed by atoms with van der Waals surface area (Å²) in [6.45, 7) is 0.365. The highest BCUT2D eigenvalue weighted by molar-refractivity contribution is 7.13. The molecule has 1 aliphatic carbocycles. The van der Waals surface area contributed by atoms with Gasteiger partial charge in [0.25, 0.3) is 0 Å². The van der Waals surface area contributed by atoms with Crippen LogP contribution in [0.5, 0.6) is 0 Å². The molecule has 1 saturated carbocycles. The molecule has 5 nitrogen and oxygen atoms in total. The fraction of sp³-hybridized carbons (Fsp3) is 0.471. The number of rotatable bonds is 6. The molecule has 0 radical (unpaired) electrons. The quantitative estimate of drug-likeness (QED) is 0.853. The molecular weight excluding hydrogens is 310 g/mol. The minimum atomic E-state index is -0.691. The highest BCUT2D eigenvalue weighted by Crippen LogP contribution is 2.28. The lowest BCUT2D eigenvalue weighted by molar-refractivity contribution is -0.122. The van der Waals surface area contributed by atoms with Crippen LogP contribution >= 0.6 is 11.3 Å². The van der Waals surface area contributed by atoms with Gasteiger partial charge in [-0.3, -0.25) is 9.78 Å². The number of carbonyl (C=O) groups excluding carboxylic acids is 1. The number of nitrogens with one attached hydrogen (secondary N) is 1. The Morgan fingerprint density at radius 1 is 1.39 bits per heavy atom. The SMILES string of the molecule is O=C(CCc1csc(-c2cccnc2)n1)NCC1(O)CCCC1. The van der Waals surface area contributed by atoms with Crippen molar-refractivity contribution in [2.75, 3.05) is 6.54 Å². The molecule has 0 spiro atoms. The maximum absolute atomic E-state index is 11.9. The number of nitrogens with zero attached hydrogens (tertiary/aromatic N) is 2. The van der Waals surface area contributed by atoms with Gasteiger partial charge in [-0.05, 0) is 31.4 Å². The van der Waals surface area contributed by atoms with Crippen molar-refractivity contribution in [3.05, 3.63) is 35.6 Å². The van der Waals surface area contributed by atoms with E-state index in [1.54, 1.807) is 23.7 Å². The van der Waals surface area contributed by atoms with E-state index in [-0.39, 0.29) is 5.91 Å². The third kappa shape index (κ3) is 4.36. The van der Waals surface area contributed by atoms with Gasteiger partial charge >= 0.3 is 0 Å². The van der Waals surface area contributed by atoms with Crippen LogP contribution in [0.15, 0.2) is 29.9 Å². The van der Waals surface area contributed by atoms with Crippen molar-refractivity contribution < 1.29 is 9.90 Å². The third-order valence-electron chi connectivity index (χ3n) is 4.22. The predicted octanol–water partition coefficient (Wildman–Crippen LogP) is 2.56. The molecule has 1 amide bonds. The Hall–Kier alpha value is -1.79. The minimum absolute atomic E-state index is 0.0266. The maximum atomic E-state index is 11.9. The molecule has 122 valence electrons. The summed E-state index contributed by atoms with van der Waals surface area (Å²) < 4.78 is 0. The summed E-state index contributed by atoms with van der Waals surface area (Å²) >= 11 is 1.56. The number of thiazole rings is 1. The summed E-state index contributed by atoms with van der Waals surface area (Å²) in [5, 5.41) is 16.0. The van der Waals surface area contributed by atoms with E-state index in [1.165, 1.54) is 0 Å². The average Bonchev–Trinajstić information content (AvgIpc) is 3.22.